The van der Waals surface area contributed by atoms with E-state index in [1.54, 1.807) is 13.3 Å². The van der Waals surface area contributed by atoms with Crippen LogP contribution in [0, 0.1) is 0 Å². The number of aromatic nitrogens is 1. The van der Waals surface area contributed by atoms with Gasteiger partial charge in [0.1, 0.15) is 12.1 Å². The molecule has 3 aromatic rings. The fourth-order valence-electron chi connectivity index (χ4n) is 2.92. The largest absolute Gasteiger partial charge is 0.451 e. The minimum absolute atomic E-state index is 0.390. The number of fused-ring (bicyclic) bond motifs is 1. The normalized spacial score (nSPS) is 13.2. The Bertz CT molecular complexity index is 975. The van der Waals surface area contributed by atoms with E-state index in [2.05, 4.69) is 15.4 Å². The highest BCUT2D eigenvalue weighted by Crippen LogP contribution is 2.43. The molecule has 0 saturated carbocycles. The summed E-state index contributed by atoms with van der Waals surface area (Å²) in [5.41, 5.74) is 1.96. The third-order valence-electron chi connectivity index (χ3n) is 4.27. The van der Waals surface area contributed by atoms with Gasteiger partial charge in [-0.3, -0.25) is 10.1 Å². The van der Waals surface area contributed by atoms with Crippen molar-refractivity contribution in [2.75, 3.05) is 31.9 Å². The minimum Gasteiger partial charge on any atom is -0.451 e. The molecule has 1 heterocycles. The van der Waals surface area contributed by atoms with E-state index in [0.29, 0.717) is 11.4 Å². The smallest absolute Gasteiger partial charge is 0.203 e. The fraction of sp³-hybridized carbons (Fsp3) is 0.286. The molecule has 5 nitrogen and oxygen atoms in total. The Hall–Kier alpha value is -1.69. The molecular weight excluding hydrogens is 425 g/mol. The first kappa shape index (κ1) is 22.0. The van der Waals surface area contributed by atoms with E-state index in [9.17, 15) is 0 Å². The lowest BCUT2D eigenvalue weighted by molar-refractivity contribution is 0.246. The molecule has 0 radical (unpaired) electrons. The zero-order chi connectivity index (χ0) is 20.5. The summed E-state index contributed by atoms with van der Waals surface area (Å²) in [6, 6.07) is 17.4. The van der Waals surface area contributed by atoms with Gasteiger partial charge in [0.25, 0.3) is 0 Å². The van der Waals surface area contributed by atoms with Crippen LogP contribution in [0.1, 0.15) is 12.8 Å². The Morgan fingerprint density at radius 2 is 1.86 bits per heavy atom. The summed E-state index contributed by atoms with van der Waals surface area (Å²) < 4.78 is 11.3. The first-order valence-electron chi connectivity index (χ1n) is 9.45. The van der Waals surface area contributed by atoms with Gasteiger partial charge in [-0.05, 0) is 61.0 Å². The van der Waals surface area contributed by atoms with Crippen LogP contribution < -0.4 is 14.9 Å². The maximum absolute atomic E-state index is 6.05. The molecule has 0 aliphatic rings. The van der Waals surface area contributed by atoms with Crippen molar-refractivity contribution in [2.45, 2.75) is 12.8 Å². The number of anilines is 1. The molecule has 2 aromatic carbocycles. The van der Waals surface area contributed by atoms with E-state index in [4.69, 9.17) is 32.7 Å². The quantitative estimate of drug-likeness (QED) is 0.291. The van der Waals surface area contributed by atoms with E-state index in [1.165, 1.54) is 0 Å². The first-order chi connectivity index (χ1) is 14.1. The molecular formula is C21H25ClN3O2PS. The molecule has 1 unspecified atom stereocenters. The van der Waals surface area contributed by atoms with Crippen molar-refractivity contribution in [2.24, 2.45) is 0 Å². The molecule has 8 heteroatoms. The van der Waals surface area contributed by atoms with E-state index in [0.717, 1.165) is 48.3 Å². The van der Waals surface area contributed by atoms with Gasteiger partial charge in [0.05, 0.1) is 5.52 Å². The maximum atomic E-state index is 6.05. The number of pyridine rings is 1. The second-order valence-electron chi connectivity index (χ2n) is 6.56. The van der Waals surface area contributed by atoms with Crippen LogP contribution in [0.5, 0.6) is 5.75 Å². The van der Waals surface area contributed by atoms with Crippen molar-refractivity contribution < 1.29 is 9.26 Å². The van der Waals surface area contributed by atoms with Gasteiger partial charge in [-0.1, -0.05) is 29.8 Å². The van der Waals surface area contributed by atoms with Crippen LogP contribution in [0.25, 0.3) is 10.9 Å². The van der Waals surface area contributed by atoms with Crippen molar-refractivity contribution in [3.8, 4) is 5.75 Å². The van der Waals surface area contributed by atoms with Crippen LogP contribution in [0.3, 0.4) is 0 Å². The van der Waals surface area contributed by atoms with E-state index >= 15 is 0 Å². The van der Waals surface area contributed by atoms with Crippen LogP contribution in [0.15, 0.2) is 60.8 Å². The minimum atomic E-state index is -2.27. The number of nitrogens with zero attached hydrogens (tertiary/aromatic N) is 1. The molecule has 0 saturated heterocycles. The third kappa shape index (κ3) is 6.66. The molecule has 154 valence electrons. The number of hydrogen-bond donors (Lipinski definition) is 2. The Balaban J connectivity index is 1.46. The average Bonchev–Trinajstić information content (AvgIpc) is 2.71. The van der Waals surface area contributed by atoms with Crippen LogP contribution in [-0.4, -0.2) is 31.5 Å². The Kier molecular flexibility index (Phi) is 8.28. The monoisotopic (exact) mass is 449 g/mol. The number of benzene rings is 2. The van der Waals surface area contributed by atoms with Crippen molar-refractivity contribution >= 4 is 46.4 Å². The number of hydrogen-bond acceptors (Lipinski definition) is 5. The maximum Gasteiger partial charge on any atom is 0.203 e. The van der Waals surface area contributed by atoms with Crippen LogP contribution in [0.4, 0.5) is 5.69 Å². The average molecular weight is 450 g/mol. The highest BCUT2D eigenvalue weighted by molar-refractivity contribution is 8.11. The molecule has 0 spiro atoms. The van der Waals surface area contributed by atoms with Crippen molar-refractivity contribution in [3.05, 3.63) is 65.8 Å². The van der Waals surface area contributed by atoms with Crippen molar-refractivity contribution in [1.82, 2.24) is 10.1 Å². The van der Waals surface area contributed by atoms with Gasteiger partial charge in [0, 0.05) is 42.5 Å². The molecule has 1 aromatic heterocycles. The summed E-state index contributed by atoms with van der Waals surface area (Å²) in [6.45, 7) is 1.64. The molecule has 2 N–H and O–H groups in total. The Labute approximate surface area is 181 Å². The van der Waals surface area contributed by atoms with Gasteiger partial charge < -0.3 is 14.6 Å². The molecule has 0 bridgehead atoms. The van der Waals surface area contributed by atoms with E-state index in [-0.39, 0.29) is 0 Å². The number of para-hydroxylation sites is 1. The number of methoxy groups -OCH3 is 1. The highest BCUT2D eigenvalue weighted by Gasteiger charge is 2.18. The SMILES string of the molecule is COCP(=S)(NCCCCNc1ccnc2cc(Cl)ccc12)Oc1ccccc1. The summed E-state index contributed by atoms with van der Waals surface area (Å²) in [5.74, 6) is 0.770. The van der Waals surface area contributed by atoms with Crippen LogP contribution >= 0.6 is 18.0 Å². The lowest BCUT2D eigenvalue weighted by atomic mass is 10.2. The summed E-state index contributed by atoms with van der Waals surface area (Å²) in [6.07, 6.45) is 1.89. The van der Waals surface area contributed by atoms with Crippen molar-refractivity contribution in [3.63, 3.8) is 0 Å². The zero-order valence-electron chi connectivity index (χ0n) is 16.3. The van der Waals surface area contributed by atoms with Gasteiger partial charge in [0.15, 0.2) is 0 Å². The number of ether oxygens (including phenoxy) is 1. The second kappa shape index (κ2) is 10.9. The predicted octanol–water partition coefficient (Wildman–Crippen LogP) is 5.66. The molecule has 29 heavy (non-hydrogen) atoms. The van der Waals surface area contributed by atoms with E-state index < -0.39 is 6.42 Å². The number of nitrogens with one attached hydrogen (secondary N) is 2. The molecule has 0 amide bonds. The molecule has 1 atom stereocenters. The third-order valence-corrected chi connectivity index (χ3v) is 7.24. The lowest BCUT2D eigenvalue weighted by Crippen LogP contribution is -2.19. The second-order valence-corrected chi connectivity index (χ2v) is 10.9. The summed E-state index contributed by atoms with van der Waals surface area (Å²) in [7, 11) is 1.65. The van der Waals surface area contributed by atoms with E-state index in [1.807, 2.05) is 54.6 Å². The number of rotatable bonds is 11. The molecule has 0 aliphatic carbocycles. The summed E-state index contributed by atoms with van der Waals surface area (Å²) >= 11 is 11.8. The number of halogens is 1. The fourth-order valence-corrected chi connectivity index (χ4v) is 5.45. The highest BCUT2D eigenvalue weighted by atomic mass is 35.5. The predicted molar refractivity (Wildman–Crippen MR) is 126 cm³/mol. The van der Waals surface area contributed by atoms with Gasteiger partial charge in [-0.2, -0.15) is 0 Å². The van der Waals surface area contributed by atoms with Gasteiger partial charge in [0.2, 0.25) is 6.42 Å². The summed E-state index contributed by atoms with van der Waals surface area (Å²) in [5, 5.41) is 8.66. The topological polar surface area (TPSA) is 55.4 Å². The zero-order valence-corrected chi connectivity index (χ0v) is 18.8. The van der Waals surface area contributed by atoms with Crippen LogP contribution in [0.2, 0.25) is 5.02 Å². The van der Waals surface area contributed by atoms with Gasteiger partial charge in [-0.25, -0.2) is 0 Å². The molecule has 3 rings (SSSR count). The van der Waals surface area contributed by atoms with Crippen molar-refractivity contribution in [1.29, 1.82) is 0 Å². The lowest BCUT2D eigenvalue weighted by Gasteiger charge is -2.23. The number of unbranched alkanes of at least 4 members (excludes halogenated alkanes) is 1. The Morgan fingerprint density at radius 1 is 1.07 bits per heavy atom. The molecule has 0 aliphatic heterocycles. The standard InChI is InChI=1S/C21H25ClN3O2PS/c1-26-16-28(29,27-18-7-3-2-4-8-18)25-13-6-5-12-23-20-11-14-24-21-15-17(22)9-10-19(20)21/h2-4,7-11,14-15H,5-6,12-13,16H2,1H3,(H,23,24)(H,25,29). The summed E-state index contributed by atoms with van der Waals surface area (Å²) in [4.78, 5) is 4.37. The van der Waals surface area contributed by atoms with Crippen LogP contribution in [-0.2, 0) is 16.5 Å². The van der Waals surface area contributed by atoms with Gasteiger partial charge >= 0.3 is 0 Å². The molecule has 0 fully saturated rings. The van der Waals surface area contributed by atoms with Gasteiger partial charge in [-0.15, -0.1) is 0 Å². The Morgan fingerprint density at radius 3 is 2.66 bits per heavy atom. The first-order valence-corrected chi connectivity index (χ1v) is 12.7.